The Morgan fingerprint density at radius 1 is 1.43 bits per heavy atom. The first kappa shape index (κ1) is 14.5. The monoisotopic (exact) mass is 289 g/mol. The molecule has 0 fully saturated rings. The smallest absolute Gasteiger partial charge is 0.319 e. The van der Waals surface area contributed by atoms with Crippen molar-refractivity contribution in [3.05, 3.63) is 53.1 Å². The molecule has 0 unspecified atom stereocenters. The Kier molecular flexibility index (Phi) is 4.86. The van der Waals surface area contributed by atoms with Crippen LogP contribution in [0.5, 0.6) is 0 Å². The van der Waals surface area contributed by atoms with E-state index >= 15 is 0 Å². The summed E-state index contributed by atoms with van der Waals surface area (Å²) in [5, 5.41) is 15.9. The number of amides is 2. The van der Waals surface area contributed by atoms with Gasteiger partial charge in [0.1, 0.15) is 0 Å². The summed E-state index contributed by atoms with van der Waals surface area (Å²) < 4.78 is 1.92. The molecular weight excluding hydrogens is 274 g/mol. The SMILES string of the molecule is O=C(NCCCn1ccnc1)Nc1cccc([N+](=O)[O-])c1. The zero-order chi connectivity index (χ0) is 15.1. The highest BCUT2D eigenvalue weighted by Crippen LogP contribution is 2.16. The van der Waals surface area contributed by atoms with Gasteiger partial charge in [-0.05, 0) is 12.5 Å². The standard InChI is InChI=1S/C13H15N5O3/c19-13(15-5-2-7-17-8-6-14-10-17)16-11-3-1-4-12(9-11)18(20)21/h1,3-4,6,8-10H,2,5,7H2,(H2,15,16,19). The number of benzene rings is 1. The predicted octanol–water partition coefficient (Wildman–Crippen LogP) is 2.00. The van der Waals surface area contributed by atoms with Gasteiger partial charge in [-0.3, -0.25) is 10.1 Å². The molecule has 0 aliphatic carbocycles. The third-order valence-electron chi connectivity index (χ3n) is 2.75. The quantitative estimate of drug-likeness (QED) is 0.482. The van der Waals surface area contributed by atoms with Crippen molar-refractivity contribution >= 4 is 17.4 Å². The minimum absolute atomic E-state index is 0.0621. The maximum absolute atomic E-state index is 11.6. The zero-order valence-corrected chi connectivity index (χ0v) is 11.2. The van der Waals surface area contributed by atoms with Crippen LogP contribution in [0.2, 0.25) is 0 Å². The molecule has 8 heteroatoms. The summed E-state index contributed by atoms with van der Waals surface area (Å²) in [6.07, 6.45) is 6.02. The van der Waals surface area contributed by atoms with E-state index in [1.165, 1.54) is 18.2 Å². The van der Waals surface area contributed by atoms with Crippen molar-refractivity contribution in [3.63, 3.8) is 0 Å². The summed E-state index contributed by atoms with van der Waals surface area (Å²) >= 11 is 0. The van der Waals surface area contributed by atoms with E-state index < -0.39 is 4.92 Å². The molecule has 21 heavy (non-hydrogen) atoms. The lowest BCUT2D eigenvalue weighted by Gasteiger charge is -2.07. The Balaban J connectivity index is 1.74. The van der Waals surface area contributed by atoms with Gasteiger partial charge in [0.2, 0.25) is 0 Å². The van der Waals surface area contributed by atoms with Gasteiger partial charge in [-0.1, -0.05) is 6.07 Å². The summed E-state index contributed by atoms with van der Waals surface area (Å²) in [7, 11) is 0. The number of imidazole rings is 1. The Hall–Kier alpha value is -2.90. The van der Waals surface area contributed by atoms with Crippen LogP contribution in [0.3, 0.4) is 0 Å². The van der Waals surface area contributed by atoms with Gasteiger partial charge in [0.05, 0.1) is 11.3 Å². The second kappa shape index (κ2) is 7.04. The molecule has 1 aromatic heterocycles. The molecule has 0 bridgehead atoms. The number of anilines is 1. The molecule has 8 nitrogen and oxygen atoms in total. The van der Waals surface area contributed by atoms with Gasteiger partial charge in [-0.25, -0.2) is 9.78 Å². The lowest BCUT2D eigenvalue weighted by molar-refractivity contribution is -0.384. The summed E-state index contributed by atoms with van der Waals surface area (Å²) in [5.41, 5.74) is 0.323. The van der Waals surface area contributed by atoms with Gasteiger partial charge < -0.3 is 15.2 Å². The lowest BCUT2D eigenvalue weighted by Crippen LogP contribution is -2.30. The molecule has 2 aromatic rings. The molecule has 0 spiro atoms. The molecular formula is C13H15N5O3. The van der Waals surface area contributed by atoms with Crippen LogP contribution in [0, 0.1) is 10.1 Å². The van der Waals surface area contributed by atoms with Crippen LogP contribution >= 0.6 is 0 Å². The van der Waals surface area contributed by atoms with E-state index in [2.05, 4.69) is 15.6 Å². The number of hydrogen-bond acceptors (Lipinski definition) is 4. The van der Waals surface area contributed by atoms with Crippen molar-refractivity contribution in [1.82, 2.24) is 14.9 Å². The number of aryl methyl sites for hydroxylation is 1. The third kappa shape index (κ3) is 4.60. The number of nitrogens with zero attached hydrogens (tertiary/aromatic N) is 3. The minimum Gasteiger partial charge on any atom is -0.338 e. The highest BCUT2D eigenvalue weighted by molar-refractivity contribution is 5.89. The van der Waals surface area contributed by atoms with E-state index in [1.54, 1.807) is 18.6 Å². The summed E-state index contributed by atoms with van der Waals surface area (Å²) in [6.45, 7) is 1.26. The topological polar surface area (TPSA) is 102 Å². The Bertz CT molecular complexity index is 612. The van der Waals surface area contributed by atoms with Crippen LogP contribution in [-0.4, -0.2) is 27.1 Å². The van der Waals surface area contributed by atoms with Crippen molar-refractivity contribution in [2.75, 3.05) is 11.9 Å². The fraction of sp³-hybridized carbons (Fsp3) is 0.231. The van der Waals surface area contributed by atoms with Crippen molar-refractivity contribution in [1.29, 1.82) is 0 Å². The van der Waals surface area contributed by atoms with E-state index in [9.17, 15) is 14.9 Å². The number of nitro groups is 1. The number of non-ortho nitro benzene ring substituents is 1. The van der Waals surface area contributed by atoms with Crippen LogP contribution in [0.15, 0.2) is 43.0 Å². The second-order valence-electron chi connectivity index (χ2n) is 4.34. The number of nitrogens with one attached hydrogen (secondary N) is 2. The first-order valence-corrected chi connectivity index (χ1v) is 6.40. The van der Waals surface area contributed by atoms with Gasteiger partial charge in [-0.2, -0.15) is 0 Å². The lowest BCUT2D eigenvalue weighted by atomic mass is 10.3. The number of carbonyl (C=O) groups is 1. The van der Waals surface area contributed by atoms with E-state index in [1.807, 2.05) is 10.8 Å². The highest BCUT2D eigenvalue weighted by atomic mass is 16.6. The van der Waals surface area contributed by atoms with Gasteiger partial charge >= 0.3 is 6.03 Å². The molecule has 1 heterocycles. The normalized spacial score (nSPS) is 10.1. The summed E-state index contributed by atoms with van der Waals surface area (Å²) in [5.74, 6) is 0. The molecule has 110 valence electrons. The molecule has 2 rings (SSSR count). The molecule has 0 saturated heterocycles. The molecule has 0 aliphatic heterocycles. The number of rotatable bonds is 6. The first-order chi connectivity index (χ1) is 10.1. The highest BCUT2D eigenvalue weighted by Gasteiger charge is 2.07. The second-order valence-corrected chi connectivity index (χ2v) is 4.34. The first-order valence-electron chi connectivity index (χ1n) is 6.40. The van der Waals surface area contributed by atoms with Crippen molar-refractivity contribution in [2.24, 2.45) is 0 Å². The zero-order valence-electron chi connectivity index (χ0n) is 11.2. The van der Waals surface area contributed by atoms with Crippen molar-refractivity contribution in [2.45, 2.75) is 13.0 Å². The maximum atomic E-state index is 11.6. The van der Waals surface area contributed by atoms with Crippen LogP contribution in [0.1, 0.15) is 6.42 Å². The molecule has 0 aliphatic rings. The van der Waals surface area contributed by atoms with Gasteiger partial charge in [0, 0.05) is 43.3 Å². The average Bonchev–Trinajstić information content (AvgIpc) is 2.97. The molecule has 2 amide bonds. The Morgan fingerprint density at radius 2 is 2.29 bits per heavy atom. The van der Waals surface area contributed by atoms with E-state index in [0.29, 0.717) is 12.2 Å². The molecule has 2 N–H and O–H groups in total. The fourth-order valence-electron chi connectivity index (χ4n) is 1.76. The van der Waals surface area contributed by atoms with E-state index in [0.717, 1.165) is 13.0 Å². The molecule has 1 aromatic carbocycles. The van der Waals surface area contributed by atoms with Gasteiger partial charge in [0.25, 0.3) is 5.69 Å². The molecule has 0 radical (unpaired) electrons. The third-order valence-corrected chi connectivity index (χ3v) is 2.75. The van der Waals surface area contributed by atoms with E-state index in [-0.39, 0.29) is 11.7 Å². The number of aromatic nitrogens is 2. The molecule has 0 saturated carbocycles. The Morgan fingerprint density at radius 3 is 3.00 bits per heavy atom. The number of urea groups is 1. The number of hydrogen-bond donors (Lipinski definition) is 2. The van der Waals surface area contributed by atoms with Crippen LogP contribution in [-0.2, 0) is 6.54 Å². The van der Waals surface area contributed by atoms with Crippen molar-refractivity contribution < 1.29 is 9.72 Å². The molecule has 0 atom stereocenters. The summed E-state index contributed by atoms with van der Waals surface area (Å²) in [4.78, 5) is 25.7. The van der Waals surface area contributed by atoms with Crippen LogP contribution in [0.25, 0.3) is 0 Å². The number of nitro benzene ring substituents is 1. The fourth-order valence-corrected chi connectivity index (χ4v) is 1.76. The van der Waals surface area contributed by atoms with E-state index in [4.69, 9.17) is 0 Å². The van der Waals surface area contributed by atoms with Crippen LogP contribution < -0.4 is 10.6 Å². The Labute approximate surface area is 121 Å². The average molecular weight is 289 g/mol. The van der Waals surface area contributed by atoms with Gasteiger partial charge in [-0.15, -0.1) is 0 Å². The van der Waals surface area contributed by atoms with Crippen molar-refractivity contribution in [3.8, 4) is 0 Å². The predicted molar refractivity (Wildman–Crippen MR) is 77.0 cm³/mol. The maximum Gasteiger partial charge on any atom is 0.319 e. The minimum atomic E-state index is -0.506. The largest absolute Gasteiger partial charge is 0.338 e. The van der Waals surface area contributed by atoms with Crippen LogP contribution in [0.4, 0.5) is 16.2 Å². The summed E-state index contributed by atoms with van der Waals surface area (Å²) in [6, 6.07) is 5.41. The van der Waals surface area contributed by atoms with Gasteiger partial charge in [0.15, 0.2) is 0 Å². The number of carbonyl (C=O) groups excluding carboxylic acids is 1.